The molecule has 0 N–H and O–H groups in total. The van der Waals surface area contributed by atoms with Crippen molar-refractivity contribution in [3.05, 3.63) is 33.8 Å². The molecule has 0 aromatic heterocycles. The highest BCUT2D eigenvalue weighted by Gasteiger charge is 2.52. The van der Waals surface area contributed by atoms with Gasteiger partial charge in [0.1, 0.15) is 0 Å². The van der Waals surface area contributed by atoms with E-state index in [0.717, 1.165) is 17.1 Å². The number of carbonyl (C=O) groups excluding carboxylic acids is 2. The largest absolute Gasteiger partial charge is 0.469 e. The van der Waals surface area contributed by atoms with Crippen LogP contribution in [0.3, 0.4) is 0 Å². The summed E-state index contributed by atoms with van der Waals surface area (Å²) in [6.45, 7) is 2.05. The molecular weight excluding hydrogens is 391 g/mol. The predicted octanol–water partition coefficient (Wildman–Crippen LogP) is 4.38. The average molecular weight is 409 g/mol. The van der Waals surface area contributed by atoms with Crippen molar-refractivity contribution in [1.29, 1.82) is 0 Å². The fourth-order valence-electron chi connectivity index (χ4n) is 2.57. The third-order valence-electron chi connectivity index (χ3n) is 3.68. The third kappa shape index (κ3) is 4.15. The molecule has 1 aromatic rings. The van der Waals surface area contributed by atoms with Gasteiger partial charge in [0.05, 0.1) is 30.2 Å². The Morgan fingerprint density at radius 3 is 2.46 bits per heavy atom. The smallest absolute Gasteiger partial charge is 0.333 e. The fraction of sp³-hybridized carbons (Fsp3) is 0.500. The van der Waals surface area contributed by atoms with Crippen LogP contribution in [0.15, 0.2) is 18.2 Å². The van der Waals surface area contributed by atoms with Gasteiger partial charge in [0.15, 0.2) is 4.08 Å². The summed E-state index contributed by atoms with van der Waals surface area (Å²) in [5.41, 5.74) is 0.768. The summed E-state index contributed by atoms with van der Waals surface area (Å²) in [6, 6.07) is 5.17. The van der Waals surface area contributed by atoms with Crippen LogP contribution < -0.4 is 0 Å². The zero-order chi connectivity index (χ0) is 17.7. The Bertz CT molecular complexity index is 618. The summed E-state index contributed by atoms with van der Waals surface area (Å²) in [4.78, 5) is 24.7. The van der Waals surface area contributed by atoms with Gasteiger partial charge in [-0.3, -0.25) is 4.79 Å². The highest BCUT2D eigenvalue weighted by molar-refractivity contribution is 8.22. The molecule has 132 valence electrons. The van der Waals surface area contributed by atoms with Gasteiger partial charge in [-0.05, 0) is 24.6 Å². The molecular formula is C16H18Cl2O4S2. The molecule has 1 unspecified atom stereocenters. The third-order valence-corrected chi connectivity index (χ3v) is 7.96. The molecule has 0 bridgehead atoms. The lowest BCUT2D eigenvalue weighted by Gasteiger charge is -2.33. The molecule has 4 nitrogen and oxygen atoms in total. The summed E-state index contributed by atoms with van der Waals surface area (Å²) >= 11 is 15.2. The number of methoxy groups -OCH3 is 1. The molecule has 0 aliphatic carbocycles. The van der Waals surface area contributed by atoms with E-state index in [4.69, 9.17) is 32.7 Å². The van der Waals surface area contributed by atoms with Crippen LogP contribution in [0.2, 0.25) is 10.0 Å². The standard InChI is InChI=1S/C16H18Cl2O4S2/c1-3-22-15(20)16(23-6-7-24-16)11(9-14(19)21-2)10-4-5-12(17)13(18)8-10/h4-5,8,11H,3,6-7,9H2,1-2H3. The van der Waals surface area contributed by atoms with E-state index in [1.54, 1.807) is 25.1 Å². The van der Waals surface area contributed by atoms with Gasteiger partial charge in [-0.1, -0.05) is 29.3 Å². The van der Waals surface area contributed by atoms with Gasteiger partial charge in [-0.15, -0.1) is 23.5 Å². The summed E-state index contributed by atoms with van der Waals surface area (Å²) in [5.74, 6) is 0.488. The molecule has 1 aromatic carbocycles. The maximum Gasteiger partial charge on any atom is 0.333 e. The van der Waals surface area contributed by atoms with Gasteiger partial charge in [0.25, 0.3) is 0 Å². The molecule has 1 heterocycles. The Labute approximate surface area is 159 Å². The minimum absolute atomic E-state index is 0.0628. The van der Waals surface area contributed by atoms with Crippen molar-refractivity contribution in [3.8, 4) is 0 Å². The highest BCUT2D eigenvalue weighted by atomic mass is 35.5. The first-order valence-electron chi connectivity index (χ1n) is 7.41. The lowest BCUT2D eigenvalue weighted by molar-refractivity contribution is -0.145. The van der Waals surface area contributed by atoms with Crippen molar-refractivity contribution >= 4 is 58.7 Å². The molecule has 1 aliphatic rings. The molecule has 0 spiro atoms. The Morgan fingerprint density at radius 2 is 1.92 bits per heavy atom. The number of thioether (sulfide) groups is 2. The van der Waals surface area contributed by atoms with Crippen molar-refractivity contribution < 1.29 is 19.1 Å². The topological polar surface area (TPSA) is 52.6 Å². The highest BCUT2D eigenvalue weighted by Crippen LogP contribution is 2.55. The van der Waals surface area contributed by atoms with E-state index in [2.05, 4.69) is 0 Å². The van der Waals surface area contributed by atoms with E-state index in [0.29, 0.717) is 10.0 Å². The quantitative estimate of drug-likeness (QED) is 0.650. The van der Waals surface area contributed by atoms with E-state index in [9.17, 15) is 9.59 Å². The predicted molar refractivity (Wildman–Crippen MR) is 100 cm³/mol. The first kappa shape index (κ1) is 19.8. The second kappa shape index (κ2) is 8.70. The maximum absolute atomic E-state index is 12.7. The van der Waals surface area contributed by atoms with Gasteiger partial charge in [0.2, 0.25) is 0 Å². The first-order chi connectivity index (χ1) is 11.4. The average Bonchev–Trinajstić information content (AvgIpc) is 3.06. The molecule has 0 saturated carbocycles. The normalized spacial score (nSPS) is 17.3. The Hall–Kier alpha value is -0.560. The van der Waals surface area contributed by atoms with Crippen LogP contribution in [0.5, 0.6) is 0 Å². The van der Waals surface area contributed by atoms with Crippen LogP contribution in [-0.2, 0) is 19.1 Å². The van der Waals surface area contributed by atoms with Crippen molar-refractivity contribution in [2.45, 2.75) is 23.3 Å². The van der Waals surface area contributed by atoms with Crippen LogP contribution in [-0.4, -0.2) is 41.2 Å². The van der Waals surface area contributed by atoms with E-state index in [-0.39, 0.29) is 25.0 Å². The van der Waals surface area contributed by atoms with E-state index in [1.165, 1.54) is 30.6 Å². The number of hydrogen-bond donors (Lipinski definition) is 0. The van der Waals surface area contributed by atoms with Gasteiger partial charge in [0, 0.05) is 17.4 Å². The summed E-state index contributed by atoms with van der Waals surface area (Å²) in [6.07, 6.45) is 0.0628. The number of rotatable bonds is 6. The van der Waals surface area contributed by atoms with Gasteiger partial charge in [-0.25, -0.2) is 4.79 Å². The summed E-state index contributed by atoms with van der Waals surface area (Å²) in [5, 5.41) is 0.810. The first-order valence-corrected chi connectivity index (χ1v) is 10.1. The number of benzene rings is 1. The summed E-state index contributed by atoms with van der Waals surface area (Å²) in [7, 11) is 1.33. The molecule has 1 atom stereocenters. The van der Waals surface area contributed by atoms with Gasteiger partial charge < -0.3 is 9.47 Å². The Kier molecular flexibility index (Phi) is 7.16. The number of ether oxygens (including phenoxy) is 2. The second-order valence-electron chi connectivity index (χ2n) is 5.09. The zero-order valence-electron chi connectivity index (χ0n) is 13.3. The van der Waals surface area contributed by atoms with Crippen LogP contribution in [0, 0.1) is 0 Å². The van der Waals surface area contributed by atoms with E-state index < -0.39 is 10.00 Å². The minimum Gasteiger partial charge on any atom is -0.469 e. The van der Waals surface area contributed by atoms with E-state index in [1.807, 2.05) is 0 Å². The van der Waals surface area contributed by atoms with Crippen LogP contribution in [0.25, 0.3) is 0 Å². The second-order valence-corrected chi connectivity index (χ2v) is 8.85. The minimum atomic E-state index is -0.888. The van der Waals surface area contributed by atoms with Gasteiger partial charge in [-0.2, -0.15) is 0 Å². The van der Waals surface area contributed by atoms with Crippen molar-refractivity contribution in [1.82, 2.24) is 0 Å². The van der Waals surface area contributed by atoms with Crippen LogP contribution in [0.1, 0.15) is 24.8 Å². The zero-order valence-corrected chi connectivity index (χ0v) is 16.5. The number of halogens is 2. The lowest BCUT2D eigenvalue weighted by atomic mass is 9.91. The molecule has 1 saturated heterocycles. The SMILES string of the molecule is CCOC(=O)C1(C(CC(=O)OC)c2ccc(Cl)c(Cl)c2)SCCS1. The molecule has 0 amide bonds. The lowest BCUT2D eigenvalue weighted by Crippen LogP contribution is -2.39. The molecule has 24 heavy (non-hydrogen) atoms. The summed E-state index contributed by atoms with van der Waals surface area (Å²) < 4.78 is 9.25. The van der Waals surface area contributed by atoms with Crippen molar-refractivity contribution in [2.24, 2.45) is 0 Å². The number of esters is 2. The molecule has 1 fully saturated rings. The van der Waals surface area contributed by atoms with Gasteiger partial charge >= 0.3 is 11.9 Å². The Morgan fingerprint density at radius 1 is 1.25 bits per heavy atom. The van der Waals surface area contributed by atoms with Crippen LogP contribution >= 0.6 is 46.7 Å². The van der Waals surface area contributed by atoms with Crippen molar-refractivity contribution in [3.63, 3.8) is 0 Å². The maximum atomic E-state index is 12.7. The Balaban J connectivity index is 2.48. The number of carbonyl (C=O) groups is 2. The molecule has 8 heteroatoms. The number of hydrogen-bond acceptors (Lipinski definition) is 6. The van der Waals surface area contributed by atoms with Crippen LogP contribution in [0.4, 0.5) is 0 Å². The molecule has 2 rings (SSSR count). The molecule has 1 aliphatic heterocycles. The molecule has 0 radical (unpaired) electrons. The monoisotopic (exact) mass is 408 g/mol. The fourth-order valence-corrected chi connectivity index (χ4v) is 6.18. The van der Waals surface area contributed by atoms with Crippen molar-refractivity contribution in [2.75, 3.05) is 25.2 Å². The van der Waals surface area contributed by atoms with E-state index >= 15 is 0 Å².